The van der Waals surface area contributed by atoms with Gasteiger partial charge in [0.05, 0.1) is 12.1 Å². The van der Waals surface area contributed by atoms with E-state index in [-0.39, 0.29) is 41.9 Å². The molecule has 0 N–H and O–H groups in total. The molecule has 3 aliphatic rings. The standard InChI is InChI=1S/C22H27NO4/c1-11(2)20(26-12(3)24)17-15-16(17)19-14-10-8-7-9-13(14)18(15)23(19)21(25)27-22(4,5)6/h7-10,15-19H,1-6H3/t15-,16+,17?,18-,19+. The van der Waals surface area contributed by atoms with Crippen LogP contribution in [0.1, 0.15) is 64.8 Å². The van der Waals surface area contributed by atoms with Crippen molar-refractivity contribution in [3.63, 3.8) is 0 Å². The molecule has 2 fully saturated rings. The Hall–Kier alpha value is -2.30. The lowest BCUT2D eigenvalue weighted by molar-refractivity contribution is -0.137. The summed E-state index contributed by atoms with van der Waals surface area (Å²) >= 11 is 0. The normalized spacial score (nSPS) is 29.7. The van der Waals surface area contributed by atoms with E-state index in [4.69, 9.17) is 9.47 Å². The van der Waals surface area contributed by atoms with E-state index in [1.165, 1.54) is 18.1 Å². The molecule has 1 saturated carbocycles. The molecule has 1 aliphatic carbocycles. The van der Waals surface area contributed by atoms with Crippen molar-refractivity contribution in [1.82, 2.24) is 4.90 Å². The smallest absolute Gasteiger partial charge is 0.411 e. The van der Waals surface area contributed by atoms with Crippen molar-refractivity contribution in [1.29, 1.82) is 0 Å². The maximum atomic E-state index is 13.0. The van der Waals surface area contributed by atoms with E-state index < -0.39 is 5.60 Å². The molecule has 0 aromatic heterocycles. The molecule has 1 saturated heterocycles. The molecule has 5 heteroatoms. The third-order valence-corrected chi connectivity index (χ3v) is 5.75. The van der Waals surface area contributed by atoms with E-state index in [2.05, 4.69) is 12.1 Å². The van der Waals surface area contributed by atoms with E-state index >= 15 is 0 Å². The van der Waals surface area contributed by atoms with Crippen molar-refractivity contribution < 1.29 is 19.1 Å². The van der Waals surface area contributed by atoms with Crippen LogP contribution in [0.15, 0.2) is 35.6 Å². The lowest BCUT2D eigenvalue weighted by Gasteiger charge is -2.31. The highest BCUT2D eigenvalue weighted by molar-refractivity contribution is 5.74. The number of hydrogen-bond donors (Lipinski definition) is 0. The zero-order valence-electron chi connectivity index (χ0n) is 16.8. The molecule has 0 radical (unpaired) electrons. The first-order valence-corrected chi connectivity index (χ1v) is 9.57. The first-order chi connectivity index (χ1) is 12.6. The van der Waals surface area contributed by atoms with E-state index in [9.17, 15) is 9.59 Å². The zero-order valence-corrected chi connectivity index (χ0v) is 16.8. The number of nitrogens with zero attached hydrogens (tertiary/aromatic N) is 1. The first kappa shape index (κ1) is 18.1. The maximum Gasteiger partial charge on any atom is 0.411 e. The summed E-state index contributed by atoms with van der Waals surface area (Å²) in [5.74, 6) is 1.23. The van der Waals surface area contributed by atoms with Crippen LogP contribution in [0.4, 0.5) is 4.79 Å². The summed E-state index contributed by atoms with van der Waals surface area (Å²) in [5.41, 5.74) is 2.90. The summed E-state index contributed by atoms with van der Waals surface area (Å²) in [6, 6.07) is 8.23. The number of amides is 1. The summed E-state index contributed by atoms with van der Waals surface area (Å²) in [6.07, 6.45) is -0.258. The fourth-order valence-electron chi connectivity index (χ4n) is 5.03. The summed E-state index contributed by atoms with van der Waals surface area (Å²) < 4.78 is 11.3. The van der Waals surface area contributed by atoms with Gasteiger partial charge in [-0.3, -0.25) is 9.69 Å². The third kappa shape index (κ3) is 2.75. The van der Waals surface area contributed by atoms with Crippen LogP contribution in [0.5, 0.6) is 0 Å². The van der Waals surface area contributed by atoms with Crippen molar-refractivity contribution >= 4 is 12.1 Å². The van der Waals surface area contributed by atoms with Gasteiger partial charge in [-0.2, -0.15) is 0 Å². The summed E-state index contributed by atoms with van der Waals surface area (Å²) in [4.78, 5) is 26.5. The van der Waals surface area contributed by atoms with Gasteiger partial charge in [0.15, 0.2) is 0 Å². The lowest BCUT2D eigenvalue weighted by atomic mass is 9.92. The first-order valence-electron chi connectivity index (χ1n) is 9.57. The predicted octanol–water partition coefficient (Wildman–Crippen LogP) is 4.75. The number of allylic oxidation sites excluding steroid dienone is 2. The molecular formula is C22H27NO4. The van der Waals surface area contributed by atoms with Crippen LogP contribution in [0.2, 0.25) is 0 Å². The highest BCUT2D eigenvalue weighted by Crippen LogP contribution is 2.75. The second-order valence-corrected chi connectivity index (χ2v) is 9.04. The number of rotatable bonds is 2. The molecule has 4 rings (SSSR count). The number of ether oxygens (including phenoxy) is 2. The second kappa shape index (κ2) is 5.85. The molecule has 2 bridgehead atoms. The van der Waals surface area contributed by atoms with Gasteiger partial charge in [-0.25, -0.2) is 4.79 Å². The number of benzene rings is 1. The number of hydrogen-bond acceptors (Lipinski definition) is 4. The summed E-state index contributed by atoms with van der Waals surface area (Å²) in [5, 5.41) is 0. The molecule has 1 aromatic carbocycles. The van der Waals surface area contributed by atoms with Gasteiger partial charge in [0.2, 0.25) is 0 Å². The fourth-order valence-corrected chi connectivity index (χ4v) is 5.03. The molecule has 5 atom stereocenters. The highest BCUT2D eigenvalue weighted by atomic mass is 16.6. The van der Waals surface area contributed by atoms with Crippen LogP contribution in [0, 0.1) is 17.8 Å². The van der Waals surface area contributed by atoms with Crippen molar-refractivity contribution in [2.45, 2.75) is 59.2 Å². The molecule has 2 heterocycles. The Bertz CT molecular complexity index is 809. The van der Waals surface area contributed by atoms with Gasteiger partial charge >= 0.3 is 12.1 Å². The Kier molecular flexibility index (Phi) is 3.92. The molecule has 1 aromatic rings. The molecule has 27 heavy (non-hydrogen) atoms. The third-order valence-electron chi connectivity index (χ3n) is 5.75. The van der Waals surface area contributed by atoms with Crippen LogP contribution in [0.25, 0.3) is 0 Å². The topological polar surface area (TPSA) is 55.8 Å². The number of esters is 1. The van der Waals surface area contributed by atoms with Crippen LogP contribution < -0.4 is 0 Å². The van der Waals surface area contributed by atoms with Crippen molar-refractivity contribution in [3.8, 4) is 0 Å². The molecule has 2 aliphatic heterocycles. The van der Waals surface area contributed by atoms with Crippen molar-refractivity contribution in [3.05, 3.63) is 46.7 Å². The van der Waals surface area contributed by atoms with Gasteiger partial charge in [-0.1, -0.05) is 24.3 Å². The number of carbonyl (C=O) groups excluding carboxylic acids is 2. The van der Waals surface area contributed by atoms with Crippen LogP contribution in [0.3, 0.4) is 0 Å². The Balaban J connectivity index is 1.69. The van der Waals surface area contributed by atoms with E-state index in [0.29, 0.717) is 0 Å². The van der Waals surface area contributed by atoms with Gasteiger partial charge in [-0.15, -0.1) is 0 Å². The number of fused-ring (bicyclic) bond motifs is 8. The van der Waals surface area contributed by atoms with Crippen LogP contribution in [-0.4, -0.2) is 22.6 Å². The minimum absolute atomic E-state index is 0.0130. The van der Waals surface area contributed by atoms with E-state index in [1.54, 1.807) is 0 Å². The Morgan fingerprint density at radius 1 is 0.963 bits per heavy atom. The monoisotopic (exact) mass is 369 g/mol. The van der Waals surface area contributed by atoms with Crippen LogP contribution >= 0.6 is 0 Å². The lowest BCUT2D eigenvalue weighted by Crippen LogP contribution is -2.37. The summed E-state index contributed by atoms with van der Waals surface area (Å²) in [6.45, 7) is 11.1. The minimum atomic E-state index is -0.530. The fraction of sp³-hybridized carbons (Fsp3) is 0.545. The Morgan fingerprint density at radius 3 is 1.89 bits per heavy atom. The van der Waals surface area contributed by atoms with Gasteiger partial charge in [0, 0.05) is 12.8 Å². The molecule has 1 amide bonds. The maximum absolute atomic E-state index is 13.0. The van der Waals surface area contributed by atoms with Gasteiger partial charge < -0.3 is 9.47 Å². The zero-order chi connectivity index (χ0) is 19.7. The van der Waals surface area contributed by atoms with Crippen LogP contribution in [-0.2, 0) is 14.3 Å². The van der Waals surface area contributed by atoms with Gasteiger partial charge in [0.25, 0.3) is 0 Å². The Morgan fingerprint density at radius 2 is 1.48 bits per heavy atom. The molecule has 1 unspecified atom stereocenters. The molecule has 0 spiro atoms. The van der Waals surface area contributed by atoms with E-state index in [1.807, 2.05) is 51.7 Å². The molecule has 144 valence electrons. The number of carbonyl (C=O) groups is 2. The highest BCUT2D eigenvalue weighted by Gasteiger charge is 2.73. The number of piperidine rings is 1. The minimum Gasteiger partial charge on any atom is -0.444 e. The average Bonchev–Trinajstić information content (AvgIpc) is 3.04. The summed E-state index contributed by atoms with van der Waals surface area (Å²) in [7, 11) is 0. The molecular weight excluding hydrogens is 342 g/mol. The van der Waals surface area contributed by atoms with Gasteiger partial charge in [0.1, 0.15) is 11.4 Å². The Labute approximate surface area is 160 Å². The largest absolute Gasteiger partial charge is 0.444 e. The van der Waals surface area contributed by atoms with Crippen molar-refractivity contribution in [2.75, 3.05) is 0 Å². The average molecular weight is 369 g/mol. The predicted molar refractivity (Wildman–Crippen MR) is 101 cm³/mol. The second-order valence-electron chi connectivity index (χ2n) is 9.04. The molecule has 5 nitrogen and oxygen atoms in total. The van der Waals surface area contributed by atoms with E-state index in [0.717, 1.165) is 11.3 Å². The van der Waals surface area contributed by atoms with Gasteiger partial charge in [-0.05, 0) is 63.2 Å². The quantitative estimate of drug-likeness (QED) is 0.557. The SMILES string of the molecule is CC(=O)OC(=C(C)C)C1[C@@H]2[C@H]1[C@H]1c3ccccc3[C@@H]2N1C(=O)OC(C)(C)C. The van der Waals surface area contributed by atoms with Crippen molar-refractivity contribution in [2.24, 2.45) is 17.8 Å².